The quantitative estimate of drug-likeness (QED) is 0.664. The Balaban J connectivity index is 1.92. The lowest BCUT2D eigenvalue weighted by molar-refractivity contribution is 0.171. The normalized spacial score (nSPS) is 36.8. The minimum absolute atomic E-state index is 0.922. The third-order valence-electron chi connectivity index (χ3n) is 3.46. The fraction of sp³-hybridized carbons (Fsp3) is 1.00. The van der Waals surface area contributed by atoms with Gasteiger partial charge in [-0.1, -0.05) is 6.42 Å². The zero-order valence-corrected chi connectivity index (χ0v) is 8.05. The standard InChI is InChI=1S/C10H20N2/c1-11-8-9-5-7-12-6-3-2-4-10(9)12/h9-11H,2-8H2,1H3. The predicted molar refractivity (Wildman–Crippen MR) is 51.2 cm³/mol. The number of hydrogen-bond acceptors (Lipinski definition) is 2. The van der Waals surface area contributed by atoms with E-state index in [0.29, 0.717) is 0 Å². The summed E-state index contributed by atoms with van der Waals surface area (Å²) in [5.74, 6) is 0.940. The van der Waals surface area contributed by atoms with Gasteiger partial charge in [0.1, 0.15) is 0 Å². The summed E-state index contributed by atoms with van der Waals surface area (Å²) in [5, 5.41) is 3.32. The molecule has 0 aromatic carbocycles. The average Bonchev–Trinajstić information content (AvgIpc) is 2.50. The first-order chi connectivity index (χ1) is 5.92. The van der Waals surface area contributed by atoms with Gasteiger partial charge >= 0.3 is 0 Å². The molecule has 0 aromatic heterocycles. The lowest BCUT2D eigenvalue weighted by Gasteiger charge is -2.32. The van der Waals surface area contributed by atoms with E-state index >= 15 is 0 Å². The second-order valence-electron chi connectivity index (χ2n) is 4.21. The van der Waals surface area contributed by atoms with E-state index in [4.69, 9.17) is 0 Å². The minimum Gasteiger partial charge on any atom is -0.319 e. The van der Waals surface area contributed by atoms with Crippen molar-refractivity contribution in [1.82, 2.24) is 10.2 Å². The molecule has 0 saturated carbocycles. The maximum absolute atomic E-state index is 3.32. The van der Waals surface area contributed by atoms with Crippen molar-refractivity contribution in [2.75, 3.05) is 26.7 Å². The Kier molecular flexibility index (Phi) is 2.66. The Morgan fingerprint density at radius 3 is 3.00 bits per heavy atom. The van der Waals surface area contributed by atoms with Gasteiger partial charge in [-0.15, -0.1) is 0 Å². The molecule has 0 amide bonds. The van der Waals surface area contributed by atoms with Crippen LogP contribution in [-0.2, 0) is 0 Å². The van der Waals surface area contributed by atoms with E-state index in [1.165, 1.54) is 45.3 Å². The van der Waals surface area contributed by atoms with E-state index < -0.39 is 0 Å². The highest BCUT2D eigenvalue weighted by Crippen LogP contribution is 2.31. The minimum atomic E-state index is 0.922. The van der Waals surface area contributed by atoms with E-state index in [2.05, 4.69) is 17.3 Å². The Bertz CT molecular complexity index is 147. The number of fused-ring (bicyclic) bond motifs is 1. The highest BCUT2D eigenvalue weighted by Gasteiger charge is 2.34. The van der Waals surface area contributed by atoms with Crippen LogP contribution in [0.1, 0.15) is 25.7 Å². The van der Waals surface area contributed by atoms with Crippen LogP contribution in [0.3, 0.4) is 0 Å². The van der Waals surface area contributed by atoms with Crippen molar-refractivity contribution >= 4 is 0 Å². The van der Waals surface area contributed by atoms with Gasteiger partial charge in [-0.2, -0.15) is 0 Å². The summed E-state index contributed by atoms with van der Waals surface area (Å²) in [4.78, 5) is 2.70. The molecule has 70 valence electrons. The summed E-state index contributed by atoms with van der Waals surface area (Å²) in [5.41, 5.74) is 0. The summed E-state index contributed by atoms with van der Waals surface area (Å²) < 4.78 is 0. The van der Waals surface area contributed by atoms with Crippen LogP contribution in [0.25, 0.3) is 0 Å². The van der Waals surface area contributed by atoms with E-state index in [-0.39, 0.29) is 0 Å². The summed E-state index contributed by atoms with van der Waals surface area (Å²) in [7, 11) is 2.07. The van der Waals surface area contributed by atoms with Crippen molar-refractivity contribution in [2.45, 2.75) is 31.7 Å². The van der Waals surface area contributed by atoms with E-state index in [0.717, 1.165) is 12.0 Å². The highest BCUT2D eigenvalue weighted by atomic mass is 15.2. The monoisotopic (exact) mass is 168 g/mol. The van der Waals surface area contributed by atoms with E-state index in [9.17, 15) is 0 Å². The zero-order chi connectivity index (χ0) is 8.39. The first-order valence-electron chi connectivity index (χ1n) is 5.30. The molecule has 2 aliphatic heterocycles. The number of rotatable bonds is 2. The number of piperidine rings is 1. The van der Waals surface area contributed by atoms with E-state index in [1.807, 2.05) is 0 Å². The number of hydrogen-bond donors (Lipinski definition) is 1. The van der Waals surface area contributed by atoms with Crippen molar-refractivity contribution < 1.29 is 0 Å². The van der Waals surface area contributed by atoms with Gasteiger partial charge in [0.15, 0.2) is 0 Å². The van der Waals surface area contributed by atoms with Crippen molar-refractivity contribution in [3.05, 3.63) is 0 Å². The van der Waals surface area contributed by atoms with Crippen LogP contribution in [0.2, 0.25) is 0 Å². The molecule has 2 fully saturated rings. The van der Waals surface area contributed by atoms with Gasteiger partial charge in [0, 0.05) is 6.04 Å². The molecule has 2 atom stereocenters. The second kappa shape index (κ2) is 3.75. The smallest absolute Gasteiger partial charge is 0.0136 e. The Labute approximate surface area is 75.3 Å². The molecule has 0 aliphatic carbocycles. The molecule has 2 aliphatic rings. The molecule has 12 heavy (non-hydrogen) atoms. The second-order valence-corrected chi connectivity index (χ2v) is 4.21. The van der Waals surface area contributed by atoms with Gasteiger partial charge in [0.05, 0.1) is 0 Å². The van der Waals surface area contributed by atoms with Gasteiger partial charge in [0.25, 0.3) is 0 Å². The SMILES string of the molecule is CNCC1CCN2CCCCC12. The molecule has 2 unspecified atom stereocenters. The molecule has 0 bridgehead atoms. The van der Waals surface area contributed by atoms with Crippen LogP contribution < -0.4 is 5.32 Å². The lowest BCUT2D eigenvalue weighted by Crippen LogP contribution is -2.39. The van der Waals surface area contributed by atoms with Crippen molar-refractivity contribution in [1.29, 1.82) is 0 Å². The summed E-state index contributed by atoms with van der Waals surface area (Å²) in [6, 6.07) is 0.922. The molecule has 2 rings (SSSR count). The van der Waals surface area contributed by atoms with Gasteiger partial charge in [-0.05, 0) is 51.9 Å². The van der Waals surface area contributed by atoms with Crippen LogP contribution >= 0.6 is 0 Å². The molecule has 1 N–H and O–H groups in total. The summed E-state index contributed by atoms with van der Waals surface area (Å²) in [6.45, 7) is 3.95. The molecule has 2 nitrogen and oxygen atoms in total. The molecule has 2 heterocycles. The van der Waals surface area contributed by atoms with Crippen LogP contribution in [0, 0.1) is 5.92 Å². The topological polar surface area (TPSA) is 15.3 Å². The molecular formula is C10H20N2. The third-order valence-corrected chi connectivity index (χ3v) is 3.46. The number of nitrogens with zero attached hydrogens (tertiary/aromatic N) is 1. The van der Waals surface area contributed by atoms with Crippen LogP contribution in [-0.4, -0.2) is 37.6 Å². The first kappa shape index (κ1) is 8.52. The van der Waals surface area contributed by atoms with Gasteiger partial charge in [-0.25, -0.2) is 0 Å². The lowest BCUT2D eigenvalue weighted by atomic mass is 9.93. The highest BCUT2D eigenvalue weighted by molar-refractivity contribution is 4.90. The van der Waals surface area contributed by atoms with Crippen LogP contribution in [0.15, 0.2) is 0 Å². The number of nitrogens with one attached hydrogen (secondary N) is 1. The Hall–Kier alpha value is -0.0800. The molecule has 0 radical (unpaired) electrons. The van der Waals surface area contributed by atoms with Gasteiger partial charge < -0.3 is 10.2 Å². The first-order valence-corrected chi connectivity index (χ1v) is 5.30. The molecule has 0 spiro atoms. The predicted octanol–water partition coefficient (Wildman–Crippen LogP) is 1.08. The van der Waals surface area contributed by atoms with Gasteiger partial charge in [0.2, 0.25) is 0 Å². The van der Waals surface area contributed by atoms with Crippen molar-refractivity contribution in [3.8, 4) is 0 Å². The maximum atomic E-state index is 3.32. The molecular weight excluding hydrogens is 148 g/mol. The van der Waals surface area contributed by atoms with Crippen molar-refractivity contribution in [3.63, 3.8) is 0 Å². The molecule has 2 heteroatoms. The van der Waals surface area contributed by atoms with Crippen LogP contribution in [0.5, 0.6) is 0 Å². The van der Waals surface area contributed by atoms with Gasteiger partial charge in [-0.3, -0.25) is 0 Å². The largest absolute Gasteiger partial charge is 0.319 e. The van der Waals surface area contributed by atoms with Crippen molar-refractivity contribution in [2.24, 2.45) is 5.92 Å². The Morgan fingerprint density at radius 1 is 1.25 bits per heavy atom. The zero-order valence-electron chi connectivity index (χ0n) is 8.05. The van der Waals surface area contributed by atoms with E-state index in [1.54, 1.807) is 0 Å². The fourth-order valence-corrected chi connectivity index (χ4v) is 2.85. The third kappa shape index (κ3) is 1.50. The Morgan fingerprint density at radius 2 is 2.17 bits per heavy atom. The maximum Gasteiger partial charge on any atom is 0.0136 e. The summed E-state index contributed by atoms with van der Waals surface area (Å²) >= 11 is 0. The average molecular weight is 168 g/mol. The molecule has 2 saturated heterocycles. The summed E-state index contributed by atoms with van der Waals surface area (Å²) in [6.07, 6.45) is 5.77. The molecule has 0 aromatic rings. The van der Waals surface area contributed by atoms with Crippen LogP contribution in [0.4, 0.5) is 0 Å². The fourth-order valence-electron chi connectivity index (χ4n) is 2.85.